The molecule has 0 radical (unpaired) electrons. The van der Waals surface area contributed by atoms with Crippen LogP contribution in [0, 0.1) is 0 Å². The number of hydrogen-bond acceptors (Lipinski definition) is 3. The zero-order chi connectivity index (χ0) is 22.7. The molecule has 0 atom stereocenters. The van der Waals surface area contributed by atoms with Crippen molar-refractivity contribution in [3.63, 3.8) is 0 Å². The number of nitrogens with zero attached hydrogens (tertiary/aromatic N) is 1. The number of ether oxygens (including phenoxy) is 1. The van der Waals surface area contributed by atoms with Crippen molar-refractivity contribution in [1.82, 2.24) is 5.32 Å². The zero-order valence-corrected chi connectivity index (χ0v) is 19.2. The smallest absolute Gasteiger partial charge is 0.294 e. The molecule has 4 rings (SSSR count). The average molecular weight is 433 g/mol. The Morgan fingerprint density at radius 3 is 2.50 bits per heavy atom. The molecule has 5 heteroatoms. The lowest BCUT2D eigenvalue weighted by molar-refractivity contribution is -0.124. The van der Waals surface area contributed by atoms with Gasteiger partial charge in [-0.3, -0.25) is 14.5 Å². The summed E-state index contributed by atoms with van der Waals surface area (Å²) in [5, 5.41) is 3.13. The molecule has 1 heterocycles. The molecule has 0 unspecified atom stereocenters. The first kappa shape index (κ1) is 22.1. The molecule has 1 aliphatic heterocycles. The third-order valence-electron chi connectivity index (χ3n) is 6.16. The van der Waals surface area contributed by atoms with Gasteiger partial charge in [-0.1, -0.05) is 76.4 Å². The van der Waals surface area contributed by atoms with Crippen LogP contribution >= 0.6 is 0 Å². The Kier molecular flexibility index (Phi) is 6.35. The summed E-state index contributed by atoms with van der Waals surface area (Å²) in [6.45, 7) is 6.36. The van der Waals surface area contributed by atoms with Gasteiger partial charge < -0.3 is 10.1 Å². The molecule has 2 aromatic carbocycles. The van der Waals surface area contributed by atoms with E-state index in [0.29, 0.717) is 11.4 Å². The van der Waals surface area contributed by atoms with Gasteiger partial charge in [0.2, 0.25) is 5.91 Å². The number of hydrogen-bond donors (Lipinski definition) is 1. The lowest BCUT2D eigenvalue weighted by Crippen LogP contribution is -2.47. The first-order valence-electron chi connectivity index (χ1n) is 11.5. The quantitative estimate of drug-likeness (QED) is 0.676. The van der Waals surface area contributed by atoms with E-state index in [1.54, 1.807) is 11.0 Å². The zero-order valence-electron chi connectivity index (χ0n) is 19.2. The average Bonchev–Trinajstić information content (AvgIpc) is 2.77. The number of fused-ring (bicyclic) bond motifs is 1. The van der Waals surface area contributed by atoms with Gasteiger partial charge in [0.15, 0.2) is 11.5 Å². The van der Waals surface area contributed by atoms with Crippen molar-refractivity contribution in [3.05, 3.63) is 65.4 Å². The summed E-state index contributed by atoms with van der Waals surface area (Å²) in [6, 6.07) is 15.7. The van der Waals surface area contributed by atoms with E-state index in [-0.39, 0.29) is 35.6 Å². The highest BCUT2D eigenvalue weighted by Crippen LogP contribution is 2.39. The molecule has 0 spiro atoms. The SMILES string of the molecule is CC(C)(C)c1ccc2c(c1)N(CC(=O)NC1CCCCC1)C(=O)C(=Cc1ccccc1)O2. The van der Waals surface area contributed by atoms with E-state index >= 15 is 0 Å². The minimum absolute atomic E-state index is 0.0224. The van der Waals surface area contributed by atoms with Crippen molar-refractivity contribution in [2.75, 3.05) is 11.4 Å². The molecule has 0 bridgehead atoms. The number of carbonyl (C=O) groups excluding carboxylic acids is 2. The summed E-state index contributed by atoms with van der Waals surface area (Å²) >= 11 is 0. The van der Waals surface area contributed by atoms with Gasteiger partial charge in [-0.05, 0) is 47.6 Å². The Hall–Kier alpha value is -3.08. The molecule has 0 aromatic heterocycles. The maximum atomic E-state index is 13.4. The molecule has 1 fully saturated rings. The molecular formula is C27H32N2O3. The number of anilines is 1. The fraction of sp³-hybridized carbons (Fsp3) is 0.407. The minimum atomic E-state index is -0.300. The van der Waals surface area contributed by atoms with E-state index < -0.39 is 0 Å². The Bertz CT molecular complexity index is 1010. The normalized spacial score (nSPS) is 18.3. The van der Waals surface area contributed by atoms with Crippen LogP contribution in [0.2, 0.25) is 0 Å². The highest BCUT2D eigenvalue weighted by Gasteiger charge is 2.33. The molecule has 1 aliphatic carbocycles. The van der Waals surface area contributed by atoms with Crippen molar-refractivity contribution in [2.45, 2.75) is 64.3 Å². The molecule has 168 valence electrons. The monoisotopic (exact) mass is 432 g/mol. The first-order valence-corrected chi connectivity index (χ1v) is 11.5. The van der Waals surface area contributed by atoms with Crippen LogP contribution in [-0.2, 0) is 15.0 Å². The van der Waals surface area contributed by atoms with Crippen molar-refractivity contribution in [2.24, 2.45) is 0 Å². The maximum absolute atomic E-state index is 13.4. The lowest BCUT2D eigenvalue weighted by atomic mass is 9.86. The second kappa shape index (κ2) is 9.19. The standard InChI is InChI=1S/C27H32N2O3/c1-27(2,3)20-14-15-23-22(17-20)29(18-25(30)28-21-12-8-5-9-13-21)26(31)24(32-23)16-19-10-6-4-7-11-19/h4,6-7,10-11,14-17,21H,5,8-9,12-13,18H2,1-3H3,(H,28,30). The summed E-state index contributed by atoms with van der Waals surface area (Å²) in [7, 11) is 0. The van der Waals surface area contributed by atoms with Gasteiger partial charge in [-0.25, -0.2) is 0 Å². The van der Waals surface area contributed by atoms with Gasteiger partial charge >= 0.3 is 0 Å². The predicted octanol–water partition coefficient (Wildman–Crippen LogP) is 5.20. The van der Waals surface area contributed by atoms with Crippen molar-refractivity contribution >= 4 is 23.6 Å². The summed E-state index contributed by atoms with van der Waals surface area (Å²) < 4.78 is 6.02. The van der Waals surface area contributed by atoms with Gasteiger partial charge in [0.05, 0.1) is 5.69 Å². The topological polar surface area (TPSA) is 58.6 Å². The first-order chi connectivity index (χ1) is 15.3. The molecule has 1 N–H and O–H groups in total. The number of nitrogens with one attached hydrogen (secondary N) is 1. The van der Waals surface area contributed by atoms with Crippen molar-refractivity contribution < 1.29 is 14.3 Å². The molecule has 32 heavy (non-hydrogen) atoms. The fourth-order valence-corrected chi connectivity index (χ4v) is 4.30. The third kappa shape index (κ3) is 5.04. The Morgan fingerprint density at radius 2 is 1.81 bits per heavy atom. The second-order valence-electron chi connectivity index (χ2n) is 9.75. The molecule has 2 aliphatic rings. The molecule has 5 nitrogen and oxygen atoms in total. The second-order valence-corrected chi connectivity index (χ2v) is 9.75. The van der Waals surface area contributed by atoms with Crippen LogP contribution in [-0.4, -0.2) is 24.4 Å². The van der Waals surface area contributed by atoms with Gasteiger partial charge in [-0.15, -0.1) is 0 Å². The number of benzene rings is 2. The highest BCUT2D eigenvalue weighted by molar-refractivity contribution is 6.12. The van der Waals surface area contributed by atoms with Gasteiger partial charge in [0, 0.05) is 6.04 Å². The van der Waals surface area contributed by atoms with Crippen LogP contribution in [0.15, 0.2) is 54.3 Å². The van der Waals surface area contributed by atoms with E-state index in [1.165, 1.54) is 6.42 Å². The van der Waals surface area contributed by atoms with Crippen LogP contribution in [0.4, 0.5) is 5.69 Å². The predicted molar refractivity (Wildman–Crippen MR) is 128 cm³/mol. The molecule has 1 saturated carbocycles. The van der Waals surface area contributed by atoms with E-state index in [2.05, 4.69) is 26.1 Å². The lowest BCUT2D eigenvalue weighted by Gasteiger charge is -2.32. The summed E-state index contributed by atoms with van der Waals surface area (Å²) in [5.41, 5.74) is 2.51. The van der Waals surface area contributed by atoms with Crippen molar-refractivity contribution in [1.29, 1.82) is 0 Å². The molecular weight excluding hydrogens is 400 g/mol. The highest BCUT2D eigenvalue weighted by atomic mass is 16.5. The number of rotatable bonds is 4. The van der Waals surface area contributed by atoms with E-state index in [0.717, 1.165) is 36.8 Å². The fourth-order valence-electron chi connectivity index (χ4n) is 4.30. The summed E-state index contributed by atoms with van der Waals surface area (Å²) in [4.78, 5) is 27.9. The van der Waals surface area contributed by atoms with Gasteiger partial charge in [0.1, 0.15) is 6.54 Å². The van der Waals surface area contributed by atoms with E-state index in [9.17, 15) is 9.59 Å². The minimum Gasteiger partial charge on any atom is -0.449 e. The molecule has 0 saturated heterocycles. The Morgan fingerprint density at radius 1 is 1.09 bits per heavy atom. The summed E-state index contributed by atoms with van der Waals surface area (Å²) in [5.74, 6) is 0.382. The number of amides is 2. The van der Waals surface area contributed by atoms with E-state index in [1.807, 2.05) is 48.5 Å². The van der Waals surface area contributed by atoms with Crippen LogP contribution in [0.25, 0.3) is 6.08 Å². The molecule has 2 aromatic rings. The van der Waals surface area contributed by atoms with Crippen LogP contribution in [0.5, 0.6) is 5.75 Å². The van der Waals surface area contributed by atoms with Gasteiger partial charge in [0.25, 0.3) is 5.91 Å². The van der Waals surface area contributed by atoms with Crippen LogP contribution < -0.4 is 15.0 Å². The van der Waals surface area contributed by atoms with Crippen LogP contribution in [0.1, 0.15) is 64.0 Å². The van der Waals surface area contributed by atoms with Crippen LogP contribution in [0.3, 0.4) is 0 Å². The molecule has 2 amide bonds. The maximum Gasteiger partial charge on any atom is 0.294 e. The van der Waals surface area contributed by atoms with E-state index in [4.69, 9.17) is 4.74 Å². The summed E-state index contributed by atoms with van der Waals surface area (Å²) in [6.07, 6.45) is 7.26. The third-order valence-corrected chi connectivity index (χ3v) is 6.16. The Balaban J connectivity index is 1.65. The van der Waals surface area contributed by atoms with Gasteiger partial charge in [-0.2, -0.15) is 0 Å². The number of carbonyl (C=O) groups is 2. The van der Waals surface area contributed by atoms with Crippen molar-refractivity contribution in [3.8, 4) is 5.75 Å². The Labute approximate surface area is 190 Å². The largest absolute Gasteiger partial charge is 0.449 e.